The molecule has 3 aromatic carbocycles. The van der Waals surface area contributed by atoms with Crippen LogP contribution in [0.5, 0.6) is 0 Å². The molecule has 1 aromatic heterocycles. The number of carbonyl (C=O) groups is 2. The standard InChI is InChI=1S/C25H19NO5/c27-23(16-9-11-18(12-10-16)25(30)31)22-21-4-2-1-3-20(21)19(14-26-22)13-15-5-7-17(8-6-15)24(28)29/h1-12,14,23,27H,13H2,(H,28,29)(H,30,31). The van der Waals surface area contributed by atoms with Gasteiger partial charge in [0.1, 0.15) is 6.10 Å². The number of pyridine rings is 1. The molecule has 0 aliphatic heterocycles. The number of carboxylic acids is 2. The second-order valence-electron chi connectivity index (χ2n) is 7.22. The van der Waals surface area contributed by atoms with Crippen LogP contribution in [0, 0.1) is 0 Å². The SMILES string of the molecule is O=C(O)c1ccc(Cc2cnc(C(O)c3ccc(C(=O)O)cc3)c3ccccc23)cc1. The normalized spacial score (nSPS) is 11.9. The number of aliphatic hydroxyl groups is 1. The van der Waals surface area contributed by atoms with E-state index < -0.39 is 18.0 Å². The Labute approximate surface area is 178 Å². The van der Waals surface area contributed by atoms with Gasteiger partial charge >= 0.3 is 11.9 Å². The van der Waals surface area contributed by atoms with Crippen LogP contribution in [0.2, 0.25) is 0 Å². The fourth-order valence-corrected chi connectivity index (χ4v) is 3.58. The summed E-state index contributed by atoms with van der Waals surface area (Å²) < 4.78 is 0. The maximum absolute atomic E-state index is 11.1. The molecule has 0 amide bonds. The highest BCUT2D eigenvalue weighted by Crippen LogP contribution is 2.30. The molecule has 3 N–H and O–H groups in total. The third-order valence-electron chi connectivity index (χ3n) is 5.24. The molecule has 0 saturated carbocycles. The average Bonchev–Trinajstić information content (AvgIpc) is 2.79. The van der Waals surface area contributed by atoms with Crippen molar-refractivity contribution in [1.82, 2.24) is 4.98 Å². The third-order valence-corrected chi connectivity index (χ3v) is 5.24. The van der Waals surface area contributed by atoms with Crippen molar-refractivity contribution in [3.63, 3.8) is 0 Å². The van der Waals surface area contributed by atoms with E-state index in [1.807, 2.05) is 24.3 Å². The predicted octanol–water partition coefficient (Wildman–Crippen LogP) is 4.30. The first-order valence-electron chi connectivity index (χ1n) is 9.64. The number of hydrogen-bond acceptors (Lipinski definition) is 4. The summed E-state index contributed by atoms with van der Waals surface area (Å²) in [4.78, 5) is 26.6. The van der Waals surface area contributed by atoms with Gasteiger partial charge in [-0.15, -0.1) is 0 Å². The number of fused-ring (bicyclic) bond motifs is 1. The van der Waals surface area contributed by atoms with Gasteiger partial charge in [-0.25, -0.2) is 9.59 Å². The fraction of sp³-hybridized carbons (Fsp3) is 0.0800. The molecule has 0 saturated heterocycles. The highest BCUT2D eigenvalue weighted by molar-refractivity contribution is 5.89. The molecule has 6 heteroatoms. The van der Waals surface area contributed by atoms with Gasteiger partial charge in [-0.05, 0) is 52.8 Å². The Hall–Kier alpha value is -4.03. The minimum absolute atomic E-state index is 0.151. The van der Waals surface area contributed by atoms with Crippen molar-refractivity contribution in [1.29, 1.82) is 0 Å². The van der Waals surface area contributed by atoms with E-state index in [2.05, 4.69) is 4.98 Å². The minimum atomic E-state index is -1.02. The number of carboxylic acid groups (broad SMARTS) is 2. The maximum atomic E-state index is 11.1. The van der Waals surface area contributed by atoms with E-state index >= 15 is 0 Å². The summed E-state index contributed by atoms with van der Waals surface area (Å²) >= 11 is 0. The summed E-state index contributed by atoms with van der Waals surface area (Å²) in [6.45, 7) is 0. The zero-order chi connectivity index (χ0) is 22.0. The van der Waals surface area contributed by atoms with Gasteiger partial charge in [-0.2, -0.15) is 0 Å². The van der Waals surface area contributed by atoms with Crippen molar-refractivity contribution in [3.8, 4) is 0 Å². The summed E-state index contributed by atoms with van der Waals surface area (Å²) in [5.74, 6) is -1.99. The van der Waals surface area contributed by atoms with Crippen LogP contribution >= 0.6 is 0 Å². The lowest BCUT2D eigenvalue weighted by Crippen LogP contribution is -2.06. The lowest BCUT2D eigenvalue weighted by Gasteiger charge is -2.16. The summed E-state index contributed by atoms with van der Waals surface area (Å²) in [5, 5.41) is 30.8. The summed E-state index contributed by atoms with van der Waals surface area (Å²) in [5.41, 5.74) is 3.34. The minimum Gasteiger partial charge on any atom is -0.478 e. The van der Waals surface area contributed by atoms with E-state index in [-0.39, 0.29) is 11.1 Å². The van der Waals surface area contributed by atoms with Gasteiger partial charge in [-0.1, -0.05) is 48.5 Å². The van der Waals surface area contributed by atoms with E-state index in [1.165, 1.54) is 12.1 Å². The van der Waals surface area contributed by atoms with Gasteiger partial charge in [-0.3, -0.25) is 4.98 Å². The molecule has 1 unspecified atom stereocenters. The van der Waals surface area contributed by atoms with Crippen LogP contribution < -0.4 is 0 Å². The van der Waals surface area contributed by atoms with Gasteiger partial charge in [0, 0.05) is 11.6 Å². The number of rotatable bonds is 6. The molecule has 1 atom stereocenters. The zero-order valence-corrected chi connectivity index (χ0v) is 16.4. The topological polar surface area (TPSA) is 108 Å². The van der Waals surface area contributed by atoms with E-state index in [4.69, 9.17) is 10.2 Å². The lowest BCUT2D eigenvalue weighted by molar-refractivity contribution is 0.0686. The largest absolute Gasteiger partial charge is 0.478 e. The van der Waals surface area contributed by atoms with Crippen molar-refractivity contribution in [2.45, 2.75) is 12.5 Å². The molecule has 0 spiro atoms. The van der Waals surface area contributed by atoms with Crippen LogP contribution in [-0.4, -0.2) is 32.2 Å². The second-order valence-corrected chi connectivity index (χ2v) is 7.22. The quantitative estimate of drug-likeness (QED) is 0.435. The number of aliphatic hydroxyl groups excluding tert-OH is 1. The third kappa shape index (κ3) is 4.15. The van der Waals surface area contributed by atoms with Crippen LogP contribution in [0.3, 0.4) is 0 Å². The summed E-state index contributed by atoms with van der Waals surface area (Å²) in [6, 6.07) is 20.4. The molecule has 4 aromatic rings. The zero-order valence-electron chi connectivity index (χ0n) is 16.4. The number of nitrogens with zero attached hydrogens (tertiary/aromatic N) is 1. The molecule has 31 heavy (non-hydrogen) atoms. The molecule has 4 rings (SSSR count). The smallest absolute Gasteiger partial charge is 0.335 e. The number of aromatic carboxylic acids is 2. The highest BCUT2D eigenvalue weighted by atomic mass is 16.4. The number of benzene rings is 3. The van der Waals surface area contributed by atoms with Crippen LogP contribution in [0.15, 0.2) is 79.0 Å². The van der Waals surface area contributed by atoms with Crippen molar-refractivity contribution in [2.75, 3.05) is 0 Å². The molecule has 0 radical (unpaired) electrons. The highest BCUT2D eigenvalue weighted by Gasteiger charge is 2.17. The molecule has 154 valence electrons. The molecule has 6 nitrogen and oxygen atoms in total. The number of aromatic nitrogens is 1. The maximum Gasteiger partial charge on any atom is 0.335 e. The van der Waals surface area contributed by atoms with Crippen molar-refractivity contribution >= 4 is 22.7 Å². The van der Waals surface area contributed by atoms with Gasteiger partial charge < -0.3 is 15.3 Å². The van der Waals surface area contributed by atoms with Crippen molar-refractivity contribution in [3.05, 3.63) is 113 Å². The first-order valence-corrected chi connectivity index (χ1v) is 9.64. The van der Waals surface area contributed by atoms with Crippen LogP contribution in [0.1, 0.15) is 49.2 Å². The van der Waals surface area contributed by atoms with Gasteiger partial charge in [0.2, 0.25) is 0 Å². The Morgan fingerprint density at radius 2 is 1.32 bits per heavy atom. The van der Waals surface area contributed by atoms with Crippen molar-refractivity contribution in [2.24, 2.45) is 0 Å². The fourth-order valence-electron chi connectivity index (χ4n) is 3.58. The monoisotopic (exact) mass is 413 g/mol. The predicted molar refractivity (Wildman–Crippen MR) is 115 cm³/mol. The Morgan fingerprint density at radius 3 is 1.90 bits per heavy atom. The molecule has 0 fully saturated rings. The van der Waals surface area contributed by atoms with E-state index in [1.54, 1.807) is 42.6 Å². The van der Waals surface area contributed by atoms with Crippen molar-refractivity contribution < 1.29 is 24.9 Å². The Balaban J connectivity index is 1.69. The van der Waals surface area contributed by atoms with E-state index in [0.717, 1.165) is 21.9 Å². The summed E-state index contributed by atoms with van der Waals surface area (Å²) in [7, 11) is 0. The van der Waals surface area contributed by atoms with Gasteiger partial charge in [0.05, 0.1) is 16.8 Å². The van der Waals surface area contributed by atoms with Crippen LogP contribution in [-0.2, 0) is 6.42 Å². The Morgan fingerprint density at radius 1 is 0.774 bits per heavy atom. The molecular weight excluding hydrogens is 394 g/mol. The Kier molecular flexibility index (Phi) is 5.47. The van der Waals surface area contributed by atoms with Crippen LogP contribution in [0.25, 0.3) is 10.8 Å². The van der Waals surface area contributed by atoms with E-state index in [9.17, 15) is 14.7 Å². The second kappa shape index (κ2) is 8.38. The molecule has 0 aliphatic rings. The van der Waals surface area contributed by atoms with Crippen LogP contribution in [0.4, 0.5) is 0 Å². The average molecular weight is 413 g/mol. The lowest BCUT2D eigenvalue weighted by atomic mass is 9.95. The molecule has 0 bridgehead atoms. The van der Waals surface area contributed by atoms with Gasteiger partial charge in [0.25, 0.3) is 0 Å². The summed E-state index contributed by atoms with van der Waals surface area (Å²) in [6.07, 6.45) is 1.28. The number of hydrogen-bond donors (Lipinski definition) is 3. The molecular formula is C25H19NO5. The first kappa shape index (κ1) is 20.3. The first-order chi connectivity index (χ1) is 14.9. The molecule has 1 heterocycles. The molecule has 0 aliphatic carbocycles. The van der Waals surface area contributed by atoms with E-state index in [0.29, 0.717) is 17.7 Å². The Bertz CT molecular complexity index is 1260. The van der Waals surface area contributed by atoms with Gasteiger partial charge in [0.15, 0.2) is 0 Å².